The number of ether oxygens (including phenoxy) is 3. The number of aryl methyl sites for hydroxylation is 1. The summed E-state index contributed by atoms with van der Waals surface area (Å²) in [7, 11) is 0. The summed E-state index contributed by atoms with van der Waals surface area (Å²) in [6.07, 6.45) is 0. The highest BCUT2D eigenvalue weighted by molar-refractivity contribution is 5.98. The molecule has 2 amide bonds. The molecule has 0 saturated carbocycles. The van der Waals surface area contributed by atoms with Crippen molar-refractivity contribution in [1.82, 2.24) is 19.9 Å². The van der Waals surface area contributed by atoms with Gasteiger partial charge in [0.15, 0.2) is 11.5 Å². The van der Waals surface area contributed by atoms with Crippen molar-refractivity contribution in [1.29, 1.82) is 0 Å². The third-order valence-corrected chi connectivity index (χ3v) is 8.41. The number of fused-ring (bicyclic) bond motifs is 2. The smallest absolute Gasteiger partial charge is 0.251 e. The Hall–Kier alpha value is -5.42. The van der Waals surface area contributed by atoms with Crippen LogP contribution >= 0.6 is 0 Å². The summed E-state index contributed by atoms with van der Waals surface area (Å²) in [5.41, 5.74) is 5.63. The van der Waals surface area contributed by atoms with Gasteiger partial charge >= 0.3 is 0 Å². The fourth-order valence-electron chi connectivity index (χ4n) is 5.89. The molecule has 3 heterocycles. The van der Waals surface area contributed by atoms with Crippen LogP contribution in [0.4, 0.5) is 11.4 Å². The van der Waals surface area contributed by atoms with Gasteiger partial charge < -0.3 is 29.3 Å². The predicted octanol–water partition coefficient (Wildman–Crippen LogP) is 4.71. The summed E-state index contributed by atoms with van der Waals surface area (Å²) in [5.74, 6) is 0.464. The molecular weight excluding hydrogens is 584 g/mol. The first-order valence-electron chi connectivity index (χ1n) is 15.3. The Balaban J connectivity index is 1.25. The standard InChI is InChI=1S/C35H34N6O5/c1-24-6-2-3-7-26(24)21-40(33(42)22-41-30-9-5-4-8-29(30)37-38-41)34(25-10-15-31-32(20-25)46-23-45-31)35(43)36-27-11-13-28(14-12-27)39-16-18-44-19-17-39/h2-15,20,34H,16-19,21-23H2,1H3,(H,36,43). The second kappa shape index (κ2) is 12.9. The van der Waals surface area contributed by atoms with Crippen LogP contribution in [0, 0.1) is 6.92 Å². The lowest BCUT2D eigenvalue weighted by Gasteiger charge is -2.32. The SMILES string of the molecule is Cc1ccccc1CN(C(=O)Cn1nnc2ccccc21)C(C(=O)Nc1ccc(N2CCOCC2)cc1)c1ccc2c(c1)OCO2. The van der Waals surface area contributed by atoms with Gasteiger partial charge in [0.05, 0.1) is 18.7 Å². The molecule has 0 bridgehead atoms. The van der Waals surface area contributed by atoms with E-state index in [1.54, 1.807) is 21.7 Å². The van der Waals surface area contributed by atoms with E-state index >= 15 is 0 Å². The number of carbonyl (C=O) groups excluding carboxylic acids is 2. The van der Waals surface area contributed by atoms with E-state index in [4.69, 9.17) is 14.2 Å². The number of hydrogen-bond donors (Lipinski definition) is 1. The average molecular weight is 619 g/mol. The molecule has 11 nitrogen and oxygen atoms in total. The van der Waals surface area contributed by atoms with Crippen molar-refractivity contribution in [2.75, 3.05) is 43.3 Å². The number of amides is 2. The highest BCUT2D eigenvalue weighted by Gasteiger charge is 2.34. The quantitative estimate of drug-likeness (QED) is 0.253. The fraction of sp³-hybridized carbons (Fsp3) is 0.257. The first-order chi connectivity index (χ1) is 22.5. The van der Waals surface area contributed by atoms with Crippen molar-refractivity contribution < 1.29 is 23.8 Å². The summed E-state index contributed by atoms with van der Waals surface area (Å²) < 4.78 is 18.3. The van der Waals surface area contributed by atoms with E-state index in [-0.39, 0.29) is 31.7 Å². The average Bonchev–Trinajstić information content (AvgIpc) is 3.73. The topological polar surface area (TPSA) is 111 Å². The monoisotopic (exact) mass is 618 g/mol. The van der Waals surface area contributed by atoms with Gasteiger partial charge in [-0.3, -0.25) is 9.59 Å². The maximum absolute atomic E-state index is 14.4. The van der Waals surface area contributed by atoms with Crippen LogP contribution in [0.2, 0.25) is 0 Å². The molecule has 1 aromatic heterocycles. The van der Waals surface area contributed by atoms with Crippen LogP contribution in [0.25, 0.3) is 11.0 Å². The molecule has 2 aliphatic heterocycles. The first kappa shape index (κ1) is 29.3. The van der Waals surface area contributed by atoms with Crippen LogP contribution in [0.3, 0.4) is 0 Å². The molecular formula is C35H34N6O5. The molecule has 1 N–H and O–H groups in total. The van der Waals surface area contributed by atoms with E-state index in [1.807, 2.05) is 85.8 Å². The molecule has 1 saturated heterocycles. The number of benzene rings is 4. The predicted molar refractivity (Wildman–Crippen MR) is 173 cm³/mol. The number of nitrogens with zero attached hydrogens (tertiary/aromatic N) is 5. The number of anilines is 2. The number of aromatic nitrogens is 3. The molecule has 46 heavy (non-hydrogen) atoms. The van der Waals surface area contributed by atoms with Crippen LogP contribution in [-0.4, -0.2) is 64.8 Å². The van der Waals surface area contributed by atoms with Gasteiger partial charge in [-0.15, -0.1) is 5.10 Å². The zero-order valence-corrected chi connectivity index (χ0v) is 25.5. The maximum atomic E-state index is 14.4. The number of rotatable bonds is 9. The number of carbonyl (C=O) groups is 2. The molecule has 11 heteroatoms. The molecule has 234 valence electrons. The number of hydrogen-bond acceptors (Lipinski definition) is 8. The largest absolute Gasteiger partial charge is 0.454 e. The minimum Gasteiger partial charge on any atom is -0.454 e. The van der Waals surface area contributed by atoms with Gasteiger partial charge in [0.1, 0.15) is 18.1 Å². The van der Waals surface area contributed by atoms with E-state index in [9.17, 15) is 9.59 Å². The molecule has 1 unspecified atom stereocenters. The van der Waals surface area contributed by atoms with Gasteiger partial charge in [-0.25, -0.2) is 4.68 Å². The molecule has 5 aromatic rings. The lowest BCUT2D eigenvalue weighted by molar-refractivity contribution is -0.140. The third-order valence-electron chi connectivity index (χ3n) is 8.41. The van der Waals surface area contributed by atoms with E-state index < -0.39 is 6.04 Å². The third kappa shape index (κ3) is 6.09. The van der Waals surface area contributed by atoms with Crippen LogP contribution in [0.5, 0.6) is 11.5 Å². The van der Waals surface area contributed by atoms with Crippen LogP contribution in [0.1, 0.15) is 22.7 Å². The van der Waals surface area contributed by atoms with Gasteiger partial charge in [-0.05, 0) is 72.1 Å². The van der Waals surface area contributed by atoms with Crippen molar-refractivity contribution in [2.24, 2.45) is 0 Å². The molecule has 7 rings (SSSR count). The summed E-state index contributed by atoms with van der Waals surface area (Å²) in [5, 5.41) is 11.6. The number of para-hydroxylation sites is 1. The Morgan fingerprint density at radius 1 is 0.913 bits per heavy atom. The highest BCUT2D eigenvalue weighted by atomic mass is 16.7. The minimum absolute atomic E-state index is 0.0936. The Labute approximate surface area is 266 Å². The minimum atomic E-state index is -1.00. The first-order valence-corrected chi connectivity index (χ1v) is 15.3. The Morgan fingerprint density at radius 3 is 2.50 bits per heavy atom. The van der Waals surface area contributed by atoms with Crippen molar-refractivity contribution in [3.63, 3.8) is 0 Å². The Morgan fingerprint density at radius 2 is 1.67 bits per heavy atom. The van der Waals surface area contributed by atoms with Gasteiger partial charge in [0, 0.05) is 31.0 Å². The molecule has 1 fully saturated rings. The molecule has 0 spiro atoms. The normalized spacial score (nSPS) is 14.7. The van der Waals surface area contributed by atoms with E-state index in [0.717, 1.165) is 35.4 Å². The van der Waals surface area contributed by atoms with Crippen molar-refractivity contribution in [3.8, 4) is 11.5 Å². The maximum Gasteiger partial charge on any atom is 0.251 e. The Bertz CT molecular complexity index is 1870. The lowest BCUT2D eigenvalue weighted by Crippen LogP contribution is -2.42. The highest BCUT2D eigenvalue weighted by Crippen LogP contribution is 2.37. The van der Waals surface area contributed by atoms with Crippen LogP contribution in [-0.2, 0) is 27.4 Å². The molecule has 1 atom stereocenters. The summed E-state index contributed by atoms with van der Waals surface area (Å²) in [6, 6.07) is 27.4. The van der Waals surface area contributed by atoms with Gasteiger partial charge in [0.25, 0.3) is 5.91 Å². The van der Waals surface area contributed by atoms with Gasteiger partial charge in [-0.2, -0.15) is 0 Å². The molecule has 4 aromatic carbocycles. The zero-order valence-electron chi connectivity index (χ0n) is 25.5. The van der Waals surface area contributed by atoms with E-state index in [2.05, 4.69) is 20.5 Å². The van der Waals surface area contributed by atoms with Crippen LogP contribution in [0.15, 0.2) is 91.0 Å². The summed E-state index contributed by atoms with van der Waals surface area (Å²) in [6.45, 7) is 5.18. The molecule has 0 radical (unpaired) electrons. The van der Waals surface area contributed by atoms with Crippen molar-refractivity contribution >= 4 is 34.2 Å². The summed E-state index contributed by atoms with van der Waals surface area (Å²) in [4.78, 5) is 32.6. The molecule has 2 aliphatic rings. The number of morpholine rings is 1. The van der Waals surface area contributed by atoms with Gasteiger partial charge in [0.2, 0.25) is 12.7 Å². The summed E-state index contributed by atoms with van der Waals surface area (Å²) >= 11 is 0. The molecule has 0 aliphatic carbocycles. The zero-order chi connectivity index (χ0) is 31.5. The van der Waals surface area contributed by atoms with E-state index in [1.165, 1.54) is 0 Å². The van der Waals surface area contributed by atoms with Crippen LogP contribution < -0.4 is 19.7 Å². The van der Waals surface area contributed by atoms with Gasteiger partial charge in [-0.1, -0.05) is 47.7 Å². The number of nitrogens with one attached hydrogen (secondary N) is 1. The van der Waals surface area contributed by atoms with E-state index in [0.29, 0.717) is 41.5 Å². The second-order valence-corrected chi connectivity index (χ2v) is 11.3. The second-order valence-electron chi connectivity index (χ2n) is 11.3. The fourth-order valence-corrected chi connectivity index (χ4v) is 5.89. The lowest BCUT2D eigenvalue weighted by atomic mass is 10.0. The Kier molecular flexibility index (Phi) is 8.22. The van der Waals surface area contributed by atoms with Crippen molar-refractivity contribution in [3.05, 3.63) is 108 Å². The van der Waals surface area contributed by atoms with Crippen molar-refractivity contribution in [2.45, 2.75) is 26.1 Å².